The van der Waals surface area contributed by atoms with E-state index in [1.54, 1.807) is 0 Å². The van der Waals surface area contributed by atoms with Crippen LogP contribution in [-0.2, 0) is 4.79 Å². The molecular formula is C4H2InNO. The first-order valence-electron chi connectivity index (χ1n) is 2.10. The number of rotatable bonds is 0. The zero-order chi connectivity index (χ0) is 4.85. The van der Waals surface area contributed by atoms with Crippen LogP contribution in [0.15, 0.2) is 12.3 Å². The average molecular weight is 195 g/mol. The third kappa shape index (κ3) is 0.323. The molecule has 32 valence electrons. The summed E-state index contributed by atoms with van der Waals surface area (Å²) in [6, 6.07) is 0. The Hall–Kier alpha value is -0.0499. The van der Waals surface area contributed by atoms with Gasteiger partial charge in [0.05, 0.1) is 0 Å². The average Bonchev–Trinajstić information content (AvgIpc) is 2.18. The molecule has 0 N–H and O–H groups in total. The van der Waals surface area contributed by atoms with E-state index in [0.717, 1.165) is 3.26 Å². The number of hydrogen-bond acceptors (Lipinski definition) is 1. The number of amides is 1. The fourth-order valence-corrected chi connectivity index (χ4v) is 3.48. The summed E-state index contributed by atoms with van der Waals surface area (Å²) in [7, 11) is 0. The Morgan fingerprint density at radius 1 is 1.71 bits per heavy atom. The number of carbonyl (C=O) groups excluding carboxylic acids is 1. The molecule has 0 spiro atoms. The summed E-state index contributed by atoms with van der Waals surface area (Å²) in [5.41, 5.74) is 0. The Labute approximate surface area is 52.0 Å². The van der Waals surface area contributed by atoms with Crippen LogP contribution in [0.5, 0.6) is 0 Å². The molecule has 0 saturated heterocycles. The molecular weight excluding hydrogens is 193 g/mol. The molecule has 3 aliphatic rings. The first kappa shape index (κ1) is 3.89. The third-order valence-electron chi connectivity index (χ3n) is 1.17. The molecule has 0 radical (unpaired) electrons. The van der Waals surface area contributed by atoms with Crippen molar-refractivity contribution in [1.29, 1.82) is 0 Å². The summed E-state index contributed by atoms with van der Waals surface area (Å²) in [5, 5.41) is 0. The Morgan fingerprint density at radius 2 is 2.57 bits per heavy atom. The first-order chi connectivity index (χ1) is 3.38. The van der Waals surface area contributed by atoms with Crippen molar-refractivity contribution in [3.05, 3.63) is 12.3 Å². The molecule has 0 atom stereocenters. The van der Waals surface area contributed by atoms with Gasteiger partial charge < -0.3 is 0 Å². The van der Waals surface area contributed by atoms with E-state index in [-0.39, 0.29) is 5.91 Å². The van der Waals surface area contributed by atoms with Crippen LogP contribution in [-0.4, -0.2) is 34.8 Å². The van der Waals surface area contributed by atoms with Crippen LogP contribution in [0, 0.1) is 0 Å². The van der Waals surface area contributed by atoms with Crippen molar-refractivity contribution < 1.29 is 4.79 Å². The number of carbonyl (C=O) groups is 1. The van der Waals surface area contributed by atoms with Crippen LogP contribution >= 0.6 is 0 Å². The van der Waals surface area contributed by atoms with Crippen LogP contribution in [0.25, 0.3) is 0 Å². The zero-order valence-electron chi connectivity index (χ0n) is 3.59. The molecule has 0 fully saturated rings. The van der Waals surface area contributed by atoms with Gasteiger partial charge in [-0.25, -0.2) is 0 Å². The van der Waals surface area contributed by atoms with Crippen molar-refractivity contribution in [3.8, 4) is 0 Å². The van der Waals surface area contributed by atoms with Crippen molar-refractivity contribution in [1.82, 2.24) is 2.89 Å². The summed E-state index contributed by atoms with van der Waals surface area (Å²) < 4.78 is 3.03. The van der Waals surface area contributed by atoms with Gasteiger partial charge in [-0.15, -0.1) is 0 Å². The minimum absolute atomic E-state index is 0.279. The van der Waals surface area contributed by atoms with Crippen LogP contribution in [0.4, 0.5) is 0 Å². The van der Waals surface area contributed by atoms with E-state index in [4.69, 9.17) is 0 Å². The predicted molar refractivity (Wildman–Crippen MR) is 26.7 cm³/mol. The van der Waals surface area contributed by atoms with Crippen LogP contribution in [0.1, 0.15) is 0 Å². The summed E-state index contributed by atoms with van der Waals surface area (Å²) in [6.07, 6.45) is 3.85. The fourth-order valence-electron chi connectivity index (χ4n) is 0.732. The summed E-state index contributed by atoms with van der Waals surface area (Å²) in [4.78, 5) is 10.5. The predicted octanol–water partition coefficient (Wildman–Crippen LogP) is -0.853. The van der Waals surface area contributed by atoms with Gasteiger partial charge in [0.25, 0.3) is 0 Å². The van der Waals surface area contributed by atoms with E-state index in [0.29, 0.717) is 0 Å². The maximum absolute atomic E-state index is 10.5. The summed E-state index contributed by atoms with van der Waals surface area (Å²) in [5.74, 6) is 0.279. The van der Waals surface area contributed by atoms with Gasteiger partial charge in [-0.3, -0.25) is 0 Å². The van der Waals surface area contributed by atoms with Crippen LogP contribution < -0.4 is 0 Å². The van der Waals surface area contributed by atoms with Gasteiger partial charge in [0.2, 0.25) is 0 Å². The van der Waals surface area contributed by atoms with Crippen LogP contribution in [0.3, 0.4) is 0 Å². The van der Waals surface area contributed by atoms with Crippen molar-refractivity contribution in [2.45, 2.75) is 0 Å². The molecule has 2 nitrogen and oxygen atoms in total. The van der Waals surface area contributed by atoms with E-state index in [2.05, 4.69) is 0 Å². The monoisotopic (exact) mass is 195 g/mol. The van der Waals surface area contributed by atoms with Gasteiger partial charge in [-0.1, -0.05) is 0 Å². The fraction of sp³-hybridized carbons (Fsp3) is 0. The molecule has 0 aromatic heterocycles. The van der Waals surface area contributed by atoms with E-state index in [1.165, 1.54) is 0 Å². The second-order valence-electron chi connectivity index (χ2n) is 1.61. The van der Waals surface area contributed by atoms with E-state index in [9.17, 15) is 4.79 Å². The van der Waals surface area contributed by atoms with Crippen molar-refractivity contribution in [2.24, 2.45) is 0 Å². The Kier molecular flexibility index (Phi) is 0.568. The minimum atomic E-state index is -0.581. The second kappa shape index (κ2) is 1.02. The number of nitrogens with zero attached hydrogens (tertiary/aromatic N) is 1. The van der Waals surface area contributed by atoms with Crippen molar-refractivity contribution >= 4 is 31.9 Å². The molecule has 3 aliphatic heterocycles. The standard InChI is InChI=1S/C4H3NO.In/c6-4-2-1-3-5-4;/h1,3H,(H,5,6);/q;+1/p-1. The van der Waals surface area contributed by atoms with Crippen molar-refractivity contribution in [3.63, 3.8) is 0 Å². The SMILES string of the molecule is O=C1[C]2=[In][N]1C=C2. The molecule has 2 bridgehead atoms. The quantitative estimate of drug-likeness (QED) is 0.492. The molecule has 0 aliphatic carbocycles. The number of hydrogen-bond donors (Lipinski definition) is 0. The van der Waals surface area contributed by atoms with Gasteiger partial charge >= 0.3 is 51.8 Å². The molecule has 0 unspecified atom stereocenters. The Bertz CT molecular complexity index is 194. The van der Waals surface area contributed by atoms with E-state index in [1.807, 2.05) is 15.2 Å². The zero-order valence-corrected chi connectivity index (χ0v) is 6.88. The maximum atomic E-state index is 10.5. The molecule has 0 aromatic rings. The Morgan fingerprint density at radius 3 is 2.71 bits per heavy atom. The van der Waals surface area contributed by atoms with Gasteiger partial charge in [-0.2, -0.15) is 0 Å². The molecule has 0 aromatic carbocycles. The molecule has 0 saturated carbocycles. The molecule has 3 heterocycles. The van der Waals surface area contributed by atoms with E-state index < -0.39 is 22.7 Å². The second-order valence-corrected chi connectivity index (χ2v) is 5.71. The van der Waals surface area contributed by atoms with Gasteiger partial charge in [-0.05, 0) is 0 Å². The first-order valence-corrected chi connectivity index (χ1v) is 5.23. The van der Waals surface area contributed by atoms with E-state index >= 15 is 0 Å². The molecule has 3 heteroatoms. The molecule has 3 rings (SSSR count). The topological polar surface area (TPSA) is 20.3 Å². The molecule has 1 amide bonds. The van der Waals surface area contributed by atoms with Gasteiger partial charge in [0, 0.05) is 0 Å². The summed E-state index contributed by atoms with van der Waals surface area (Å²) in [6.45, 7) is 0. The van der Waals surface area contributed by atoms with Crippen molar-refractivity contribution in [2.75, 3.05) is 0 Å². The van der Waals surface area contributed by atoms with Gasteiger partial charge in [0.15, 0.2) is 0 Å². The third-order valence-corrected chi connectivity index (χ3v) is 5.18. The normalized spacial score (nSPS) is 21.4. The summed E-state index contributed by atoms with van der Waals surface area (Å²) >= 11 is -0.581. The Balaban J connectivity index is 2.61. The van der Waals surface area contributed by atoms with Crippen LogP contribution in [0.2, 0.25) is 0 Å². The molecule has 7 heavy (non-hydrogen) atoms. The van der Waals surface area contributed by atoms with Gasteiger partial charge in [0.1, 0.15) is 0 Å².